The number of benzene rings is 2. The Labute approximate surface area is 152 Å². The highest BCUT2D eigenvalue weighted by molar-refractivity contribution is 6.03. The van der Waals surface area contributed by atoms with Gasteiger partial charge in [-0.15, -0.1) is 5.10 Å². The van der Waals surface area contributed by atoms with Crippen molar-refractivity contribution >= 4 is 11.9 Å². The van der Waals surface area contributed by atoms with E-state index in [1.807, 2.05) is 36.4 Å². The van der Waals surface area contributed by atoms with E-state index in [4.69, 9.17) is 9.15 Å². The third-order valence-electron chi connectivity index (χ3n) is 3.75. The van der Waals surface area contributed by atoms with Crippen LogP contribution in [0, 0.1) is 0 Å². The summed E-state index contributed by atoms with van der Waals surface area (Å²) in [6, 6.07) is 16.9. The fourth-order valence-corrected chi connectivity index (χ4v) is 2.38. The van der Waals surface area contributed by atoms with Gasteiger partial charge in [-0.05, 0) is 30.2 Å². The number of nitrogens with zero attached hydrogens (tertiary/aromatic N) is 2. The highest BCUT2D eigenvalue weighted by atomic mass is 16.5. The van der Waals surface area contributed by atoms with E-state index in [1.165, 1.54) is 0 Å². The number of hydrogen-bond donors (Lipinski definition) is 1. The van der Waals surface area contributed by atoms with Crippen molar-refractivity contribution in [2.45, 2.75) is 26.2 Å². The Hall–Kier alpha value is -3.15. The zero-order valence-electron chi connectivity index (χ0n) is 14.6. The lowest BCUT2D eigenvalue weighted by molar-refractivity contribution is 0.102. The van der Waals surface area contributed by atoms with E-state index in [0.29, 0.717) is 30.2 Å². The molecule has 0 unspecified atom stereocenters. The molecular formula is C20H21N3O3. The molecule has 6 nitrogen and oxygen atoms in total. The third-order valence-corrected chi connectivity index (χ3v) is 3.75. The largest absolute Gasteiger partial charge is 0.494 e. The smallest absolute Gasteiger partial charge is 0.322 e. The normalized spacial score (nSPS) is 10.5. The number of amides is 1. The molecule has 1 N–H and O–H groups in total. The molecule has 0 fully saturated rings. The maximum atomic E-state index is 12.4. The van der Waals surface area contributed by atoms with Gasteiger partial charge < -0.3 is 9.15 Å². The number of unbranched alkanes of at least 4 members (excludes halogenated alkanes) is 1. The summed E-state index contributed by atoms with van der Waals surface area (Å²) in [5.41, 5.74) is 1.53. The number of carbonyl (C=O) groups is 1. The zero-order valence-corrected chi connectivity index (χ0v) is 14.6. The van der Waals surface area contributed by atoms with Crippen LogP contribution in [0.3, 0.4) is 0 Å². The average Bonchev–Trinajstić information content (AvgIpc) is 3.10. The second kappa shape index (κ2) is 8.80. The molecule has 0 saturated carbocycles. The topological polar surface area (TPSA) is 77.2 Å². The minimum absolute atomic E-state index is 0.0817. The lowest BCUT2D eigenvalue weighted by Gasteiger charge is -2.07. The van der Waals surface area contributed by atoms with Gasteiger partial charge in [0.2, 0.25) is 5.89 Å². The van der Waals surface area contributed by atoms with Crippen LogP contribution in [0.5, 0.6) is 5.75 Å². The van der Waals surface area contributed by atoms with Gasteiger partial charge in [-0.1, -0.05) is 54.8 Å². The van der Waals surface area contributed by atoms with Crippen molar-refractivity contribution < 1.29 is 13.9 Å². The van der Waals surface area contributed by atoms with E-state index in [1.54, 1.807) is 18.2 Å². The molecule has 0 spiro atoms. The van der Waals surface area contributed by atoms with Gasteiger partial charge in [0.15, 0.2) is 0 Å². The maximum absolute atomic E-state index is 12.4. The molecule has 1 aromatic heterocycles. The number of nitrogens with one attached hydrogen (secondary N) is 1. The number of ether oxygens (including phenoxy) is 1. The summed E-state index contributed by atoms with van der Waals surface area (Å²) in [7, 11) is 0. The van der Waals surface area contributed by atoms with Gasteiger partial charge in [-0.25, -0.2) is 0 Å². The van der Waals surface area contributed by atoms with Gasteiger partial charge in [0.05, 0.1) is 13.0 Å². The average molecular weight is 351 g/mol. The standard InChI is InChI=1S/C20H21N3O3/c1-2-3-12-25-17-11-7-10-16(14-17)19(24)21-20-23-22-18(26-20)13-15-8-5-4-6-9-15/h4-11,14H,2-3,12-13H2,1H3,(H,21,23,24). The summed E-state index contributed by atoms with van der Waals surface area (Å²) < 4.78 is 11.1. The maximum Gasteiger partial charge on any atom is 0.322 e. The minimum atomic E-state index is -0.319. The summed E-state index contributed by atoms with van der Waals surface area (Å²) in [6.07, 6.45) is 2.55. The minimum Gasteiger partial charge on any atom is -0.494 e. The Morgan fingerprint density at radius 1 is 1.12 bits per heavy atom. The molecule has 134 valence electrons. The first-order chi connectivity index (χ1) is 12.7. The Morgan fingerprint density at radius 2 is 1.96 bits per heavy atom. The predicted molar refractivity (Wildman–Crippen MR) is 98.3 cm³/mol. The summed E-state index contributed by atoms with van der Waals surface area (Å²) in [6.45, 7) is 2.73. The highest BCUT2D eigenvalue weighted by Crippen LogP contribution is 2.16. The van der Waals surface area contributed by atoms with Gasteiger partial charge in [0, 0.05) is 5.56 Å². The summed E-state index contributed by atoms with van der Waals surface area (Å²) in [4.78, 5) is 12.4. The SMILES string of the molecule is CCCCOc1cccc(C(=O)Nc2nnc(Cc3ccccc3)o2)c1. The first-order valence-corrected chi connectivity index (χ1v) is 8.65. The lowest BCUT2D eigenvalue weighted by Crippen LogP contribution is -2.12. The number of rotatable bonds is 8. The first kappa shape index (κ1) is 17.7. The van der Waals surface area contributed by atoms with Gasteiger partial charge >= 0.3 is 6.01 Å². The Morgan fingerprint density at radius 3 is 2.77 bits per heavy atom. The van der Waals surface area contributed by atoms with Crippen LogP contribution in [0.4, 0.5) is 6.01 Å². The van der Waals surface area contributed by atoms with E-state index in [2.05, 4.69) is 22.4 Å². The predicted octanol–water partition coefficient (Wildman–Crippen LogP) is 4.09. The number of hydrogen-bond acceptors (Lipinski definition) is 5. The van der Waals surface area contributed by atoms with Gasteiger partial charge in [-0.3, -0.25) is 10.1 Å². The van der Waals surface area contributed by atoms with Gasteiger partial charge in [0.25, 0.3) is 5.91 Å². The fourth-order valence-electron chi connectivity index (χ4n) is 2.38. The molecule has 2 aromatic carbocycles. The number of anilines is 1. The Bertz CT molecular complexity index is 846. The Kier molecular flexibility index (Phi) is 5.98. The molecule has 0 aliphatic heterocycles. The number of aromatic nitrogens is 2. The summed E-state index contributed by atoms with van der Waals surface area (Å²) in [5.74, 6) is 0.797. The molecule has 0 atom stereocenters. The third kappa shape index (κ3) is 4.92. The van der Waals surface area contributed by atoms with Crippen molar-refractivity contribution in [2.24, 2.45) is 0 Å². The summed E-state index contributed by atoms with van der Waals surface area (Å²) in [5, 5.41) is 10.5. The van der Waals surface area contributed by atoms with E-state index in [0.717, 1.165) is 18.4 Å². The van der Waals surface area contributed by atoms with Crippen LogP contribution in [0.1, 0.15) is 41.6 Å². The monoisotopic (exact) mass is 351 g/mol. The van der Waals surface area contributed by atoms with Crippen LogP contribution in [-0.4, -0.2) is 22.7 Å². The molecule has 6 heteroatoms. The van der Waals surface area contributed by atoms with Crippen LogP contribution in [0.2, 0.25) is 0 Å². The van der Waals surface area contributed by atoms with Crippen molar-refractivity contribution in [3.8, 4) is 5.75 Å². The van der Waals surface area contributed by atoms with Gasteiger partial charge in [0.1, 0.15) is 5.75 Å². The van der Waals surface area contributed by atoms with E-state index in [-0.39, 0.29) is 11.9 Å². The van der Waals surface area contributed by atoms with E-state index < -0.39 is 0 Å². The second-order valence-corrected chi connectivity index (χ2v) is 5.85. The molecule has 1 heterocycles. The molecule has 1 amide bonds. The van der Waals surface area contributed by atoms with Crippen LogP contribution in [0.15, 0.2) is 59.0 Å². The summed E-state index contributed by atoms with van der Waals surface area (Å²) >= 11 is 0. The fraction of sp³-hybridized carbons (Fsp3) is 0.250. The molecule has 0 aliphatic carbocycles. The van der Waals surface area contributed by atoms with E-state index >= 15 is 0 Å². The molecule has 26 heavy (non-hydrogen) atoms. The van der Waals surface area contributed by atoms with Crippen molar-refractivity contribution in [1.82, 2.24) is 10.2 Å². The van der Waals surface area contributed by atoms with E-state index in [9.17, 15) is 4.79 Å². The van der Waals surface area contributed by atoms with Crippen molar-refractivity contribution in [2.75, 3.05) is 11.9 Å². The molecule has 3 aromatic rings. The van der Waals surface area contributed by atoms with Crippen LogP contribution in [-0.2, 0) is 6.42 Å². The molecule has 0 aliphatic rings. The molecule has 0 bridgehead atoms. The quantitative estimate of drug-likeness (QED) is 0.619. The molecular weight excluding hydrogens is 330 g/mol. The van der Waals surface area contributed by atoms with Crippen LogP contribution < -0.4 is 10.1 Å². The molecule has 0 saturated heterocycles. The molecule has 0 radical (unpaired) electrons. The lowest BCUT2D eigenvalue weighted by atomic mass is 10.2. The van der Waals surface area contributed by atoms with Gasteiger partial charge in [-0.2, -0.15) is 0 Å². The highest BCUT2D eigenvalue weighted by Gasteiger charge is 2.12. The Balaban J connectivity index is 1.60. The molecule has 3 rings (SSSR count). The second-order valence-electron chi connectivity index (χ2n) is 5.85. The number of carbonyl (C=O) groups excluding carboxylic acids is 1. The van der Waals surface area contributed by atoms with Crippen molar-refractivity contribution in [3.05, 3.63) is 71.6 Å². The van der Waals surface area contributed by atoms with Crippen LogP contribution in [0.25, 0.3) is 0 Å². The van der Waals surface area contributed by atoms with Crippen molar-refractivity contribution in [3.63, 3.8) is 0 Å². The van der Waals surface area contributed by atoms with Crippen LogP contribution >= 0.6 is 0 Å². The zero-order chi connectivity index (χ0) is 18.2. The van der Waals surface area contributed by atoms with Crippen molar-refractivity contribution in [1.29, 1.82) is 0 Å². The first-order valence-electron chi connectivity index (χ1n) is 8.65.